The number of rotatable bonds is 6. The van der Waals surface area contributed by atoms with Gasteiger partial charge in [-0.25, -0.2) is 0 Å². The van der Waals surface area contributed by atoms with Crippen molar-refractivity contribution in [2.45, 2.75) is 12.8 Å². The Hall–Kier alpha value is -3.35. The van der Waals surface area contributed by atoms with Gasteiger partial charge in [0.25, 0.3) is 11.8 Å². The molecule has 1 heterocycles. The molecule has 1 fully saturated rings. The maximum absolute atomic E-state index is 12.0. The topological polar surface area (TPSA) is 96.5 Å². The third-order valence-corrected chi connectivity index (χ3v) is 3.72. The van der Waals surface area contributed by atoms with Crippen LogP contribution in [0.1, 0.15) is 12.8 Å². The molecule has 0 aromatic heterocycles. The Morgan fingerprint density at radius 3 is 2.16 bits per heavy atom. The maximum Gasteiger partial charge on any atom is 0.251 e. The van der Waals surface area contributed by atoms with E-state index in [-0.39, 0.29) is 18.7 Å². The molecular weight excluding hydrogens is 322 g/mol. The highest BCUT2D eigenvalue weighted by Gasteiger charge is 2.32. The predicted molar refractivity (Wildman–Crippen MR) is 90.6 cm³/mol. The van der Waals surface area contributed by atoms with Crippen molar-refractivity contribution in [3.63, 3.8) is 0 Å². The second-order valence-electron chi connectivity index (χ2n) is 5.56. The number of para-hydroxylation sites is 1. The van der Waals surface area contributed by atoms with Crippen LogP contribution in [0.25, 0.3) is 0 Å². The van der Waals surface area contributed by atoms with E-state index in [4.69, 9.17) is 4.74 Å². The van der Waals surface area contributed by atoms with E-state index in [1.807, 2.05) is 30.3 Å². The van der Waals surface area contributed by atoms with Crippen molar-refractivity contribution in [1.29, 1.82) is 0 Å². The Kier molecular flexibility index (Phi) is 4.94. The molecule has 2 aromatic rings. The van der Waals surface area contributed by atoms with E-state index in [2.05, 4.69) is 16.2 Å². The molecule has 0 bridgehead atoms. The highest BCUT2D eigenvalue weighted by Crippen LogP contribution is 2.22. The van der Waals surface area contributed by atoms with Crippen LogP contribution >= 0.6 is 0 Å². The van der Waals surface area contributed by atoms with Gasteiger partial charge >= 0.3 is 0 Å². The van der Waals surface area contributed by atoms with E-state index in [9.17, 15) is 14.4 Å². The monoisotopic (exact) mass is 339 g/mol. The average Bonchev–Trinajstić information content (AvgIpc) is 2.94. The molecule has 3 amide bonds. The lowest BCUT2D eigenvalue weighted by Gasteiger charge is -2.08. The fraction of sp³-hybridized carbons (Fsp3) is 0.167. The first-order valence-corrected chi connectivity index (χ1v) is 7.84. The molecule has 0 unspecified atom stereocenters. The van der Waals surface area contributed by atoms with Crippen LogP contribution in [0.4, 0.5) is 5.69 Å². The van der Waals surface area contributed by atoms with Crippen LogP contribution in [-0.2, 0) is 14.4 Å². The first kappa shape index (κ1) is 16.5. The fourth-order valence-electron chi connectivity index (χ4n) is 2.41. The molecule has 0 saturated carbocycles. The first-order chi connectivity index (χ1) is 12.1. The van der Waals surface area contributed by atoms with Crippen molar-refractivity contribution in [3.05, 3.63) is 54.6 Å². The normalized spacial score (nSPS) is 13.9. The summed E-state index contributed by atoms with van der Waals surface area (Å²) in [5, 5.41) is 2.73. The second-order valence-corrected chi connectivity index (χ2v) is 5.56. The van der Waals surface area contributed by atoms with Crippen LogP contribution in [-0.4, -0.2) is 17.7 Å². The van der Waals surface area contributed by atoms with Gasteiger partial charge in [-0.15, -0.1) is 0 Å². The molecule has 1 aliphatic heterocycles. The summed E-state index contributed by atoms with van der Waals surface area (Å²) in [5.41, 5.74) is 5.09. The van der Waals surface area contributed by atoms with Gasteiger partial charge in [0.1, 0.15) is 17.4 Å². The zero-order valence-electron chi connectivity index (χ0n) is 13.3. The minimum absolute atomic E-state index is 0.0772. The minimum Gasteiger partial charge on any atom is -0.457 e. The lowest BCUT2D eigenvalue weighted by Crippen LogP contribution is -2.28. The van der Waals surface area contributed by atoms with Gasteiger partial charge in [-0.1, -0.05) is 18.2 Å². The summed E-state index contributed by atoms with van der Waals surface area (Å²) in [7, 11) is 0. The smallest absolute Gasteiger partial charge is 0.251 e. The van der Waals surface area contributed by atoms with Gasteiger partial charge in [0.05, 0.1) is 0 Å². The molecule has 0 atom stereocenters. The number of carbonyl (C=O) groups excluding carboxylic acids is 3. The lowest BCUT2D eigenvalue weighted by atomic mass is 10.0. The van der Waals surface area contributed by atoms with E-state index >= 15 is 0 Å². The van der Waals surface area contributed by atoms with E-state index in [0.717, 1.165) is 5.75 Å². The number of hydrogen-bond donors (Lipinski definition) is 3. The third kappa shape index (κ3) is 4.35. The zero-order valence-corrected chi connectivity index (χ0v) is 13.3. The second kappa shape index (κ2) is 7.48. The fourth-order valence-corrected chi connectivity index (χ4v) is 2.41. The standard InChI is InChI=1S/C18H17N3O4/c22-16(11-10-15-17(23)20-21-18(15)24)19-12-6-8-14(9-7-12)25-13-4-2-1-3-5-13/h1-9,15H,10-11H2,(H,19,22)(H,20,23)(H,21,24). The number of amides is 3. The first-order valence-electron chi connectivity index (χ1n) is 7.84. The van der Waals surface area contributed by atoms with Crippen LogP contribution in [0.5, 0.6) is 11.5 Å². The molecule has 0 spiro atoms. The van der Waals surface area contributed by atoms with E-state index in [1.165, 1.54) is 0 Å². The summed E-state index contributed by atoms with van der Waals surface area (Å²) in [6, 6.07) is 16.3. The van der Waals surface area contributed by atoms with Gasteiger partial charge in [0, 0.05) is 12.1 Å². The van der Waals surface area contributed by atoms with Gasteiger partial charge in [-0.2, -0.15) is 0 Å². The molecule has 7 heteroatoms. The molecule has 1 aliphatic rings. The number of hydrazine groups is 1. The molecule has 0 radical (unpaired) electrons. The van der Waals surface area contributed by atoms with Crippen molar-refractivity contribution in [2.24, 2.45) is 5.92 Å². The zero-order chi connectivity index (χ0) is 17.6. The molecule has 128 valence electrons. The Bertz CT molecular complexity index is 759. The molecule has 1 saturated heterocycles. The number of ether oxygens (including phenoxy) is 1. The molecular formula is C18H17N3O4. The molecule has 0 aliphatic carbocycles. The van der Waals surface area contributed by atoms with Crippen LogP contribution < -0.4 is 20.9 Å². The van der Waals surface area contributed by atoms with Crippen molar-refractivity contribution in [3.8, 4) is 11.5 Å². The summed E-state index contributed by atoms with van der Waals surface area (Å²) in [5.74, 6) is -0.493. The van der Waals surface area contributed by atoms with Crippen molar-refractivity contribution in [1.82, 2.24) is 10.9 Å². The average molecular weight is 339 g/mol. The maximum atomic E-state index is 12.0. The van der Waals surface area contributed by atoms with Gasteiger partial charge in [0.15, 0.2) is 0 Å². The summed E-state index contributed by atoms with van der Waals surface area (Å²) >= 11 is 0. The highest BCUT2D eigenvalue weighted by atomic mass is 16.5. The minimum atomic E-state index is -0.813. The molecule has 25 heavy (non-hydrogen) atoms. The highest BCUT2D eigenvalue weighted by molar-refractivity contribution is 6.05. The quantitative estimate of drug-likeness (QED) is 0.701. The summed E-state index contributed by atoms with van der Waals surface area (Å²) in [4.78, 5) is 34.8. The third-order valence-electron chi connectivity index (χ3n) is 3.72. The number of carbonyl (C=O) groups is 3. The molecule has 3 N–H and O–H groups in total. The Labute approximate surface area is 144 Å². The van der Waals surface area contributed by atoms with Crippen molar-refractivity contribution >= 4 is 23.4 Å². The summed E-state index contributed by atoms with van der Waals surface area (Å²) < 4.78 is 5.68. The molecule has 2 aromatic carbocycles. The molecule has 7 nitrogen and oxygen atoms in total. The van der Waals surface area contributed by atoms with Crippen LogP contribution in [0.2, 0.25) is 0 Å². The SMILES string of the molecule is O=C(CCC1C(=O)NNC1=O)Nc1ccc(Oc2ccccc2)cc1. The van der Waals surface area contributed by atoms with Crippen LogP contribution in [0.3, 0.4) is 0 Å². The van der Waals surface area contributed by atoms with Crippen LogP contribution in [0, 0.1) is 5.92 Å². The van der Waals surface area contributed by atoms with E-state index in [1.54, 1.807) is 24.3 Å². The van der Waals surface area contributed by atoms with Crippen molar-refractivity contribution < 1.29 is 19.1 Å². The van der Waals surface area contributed by atoms with Gasteiger partial charge in [-0.3, -0.25) is 25.2 Å². The lowest BCUT2D eigenvalue weighted by molar-refractivity contribution is -0.128. The predicted octanol–water partition coefficient (Wildman–Crippen LogP) is 1.97. The molecule has 3 rings (SSSR count). The van der Waals surface area contributed by atoms with E-state index in [0.29, 0.717) is 11.4 Å². The number of anilines is 1. The Morgan fingerprint density at radius 2 is 1.52 bits per heavy atom. The Morgan fingerprint density at radius 1 is 0.920 bits per heavy atom. The Balaban J connectivity index is 1.50. The van der Waals surface area contributed by atoms with Crippen LogP contribution in [0.15, 0.2) is 54.6 Å². The van der Waals surface area contributed by atoms with Gasteiger partial charge in [0.2, 0.25) is 5.91 Å². The van der Waals surface area contributed by atoms with Gasteiger partial charge < -0.3 is 10.1 Å². The van der Waals surface area contributed by atoms with Gasteiger partial charge in [-0.05, 0) is 42.8 Å². The number of benzene rings is 2. The summed E-state index contributed by atoms with van der Waals surface area (Å²) in [6.45, 7) is 0. The number of hydrogen-bond acceptors (Lipinski definition) is 4. The van der Waals surface area contributed by atoms with Crippen molar-refractivity contribution in [2.75, 3.05) is 5.32 Å². The number of nitrogens with one attached hydrogen (secondary N) is 3. The largest absolute Gasteiger partial charge is 0.457 e. The summed E-state index contributed by atoms with van der Waals surface area (Å²) in [6.07, 6.45) is 0.243. The van der Waals surface area contributed by atoms with E-state index < -0.39 is 17.7 Å².